The van der Waals surface area contributed by atoms with Crippen molar-refractivity contribution in [3.8, 4) is 6.07 Å². The van der Waals surface area contributed by atoms with Gasteiger partial charge in [-0.15, -0.1) is 0 Å². The molecule has 0 atom stereocenters. The summed E-state index contributed by atoms with van der Waals surface area (Å²) < 4.78 is 0. The van der Waals surface area contributed by atoms with Gasteiger partial charge >= 0.3 is 0 Å². The molecule has 1 rings (SSSR count). The molecule has 0 unspecified atom stereocenters. The van der Waals surface area contributed by atoms with E-state index in [9.17, 15) is 14.9 Å². The first-order chi connectivity index (χ1) is 9.42. The number of hydrogen-bond donors (Lipinski definition) is 0. The fraction of sp³-hybridized carbons (Fsp3) is 0.385. The fourth-order valence-electron chi connectivity index (χ4n) is 1.78. The molecule has 7 nitrogen and oxygen atoms in total. The Morgan fingerprint density at radius 2 is 2.10 bits per heavy atom. The van der Waals surface area contributed by atoms with Gasteiger partial charge in [0.15, 0.2) is 0 Å². The Hall–Kier alpha value is -2.62. The molecule has 1 amide bonds. The molecule has 0 aliphatic carbocycles. The maximum atomic E-state index is 12.4. The van der Waals surface area contributed by atoms with Gasteiger partial charge in [-0.3, -0.25) is 14.9 Å². The van der Waals surface area contributed by atoms with Gasteiger partial charge in [0, 0.05) is 38.5 Å². The second kappa shape index (κ2) is 6.52. The van der Waals surface area contributed by atoms with Crippen LogP contribution >= 0.6 is 0 Å². The third-order valence-corrected chi connectivity index (χ3v) is 2.83. The van der Waals surface area contributed by atoms with Crippen LogP contribution in [0.5, 0.6) is 0 Å². The van der Waals surface area contributed by atoms with Crippen molar-refractivity contribution in [3.63, 3.8) is 0 Å². The van der Waals surface area contributed by atoms with Gasteiger partial charge in [0.05, 0.1) is 16.6 Å². The Labute approximate surface area is 117 Å². The molecule has 0 aliphatic rings. The molecular weight excluding hydrogens is 260 g/mol. The maximum absolute atomic E-state index is 12.4. The van der Waals surface area contributed by atoms with Gasteiger partial charge in [-0.05, 0) is 13.0 Å². The molecule has 0 radical (unpaired) electrons. The van der Waals surface area contributed by atoms with E-state index < -0.39 is 4.92 Å². The minimum atomic E-state index is -0.545. The number of rotatable bonds is 5. The van der Waals surface area contributed by atoms with Gasteiger partial charge in [0.25, 0.3) is 11.6 Å². The Morgan fingerprint density at radius 1 is 1.45 bits per heavy atom. The lowest BCUT2D eigenvalue weighted by molar-refractivity contribution is -0.384. The number of carbonyl (C=O) groups excluding carboxylic acids is 1. The normalized spacial score (nSPS) is 9.70. The van der Waals surface area contributed by atoms with Gasteiger partial charge in [0.1, 0.15) is 6.54 Å². The second-order valence-corrected chi connectivity index (χ2v) is 4.33. The summed E-state index contributed by atoms with van der Waals surface area (Å²) in [6.45, 7) is 2.06. The zero-order valence-corrected chi connectivity index (χ0v) is 11.7. The number of non-ortho nitro benzene ring substituents is 1. The molecule has 0 heterocycles. The number of carbonyl (C=O) groups is 1. The second-order valence-electron chi connectivity index (χ2n) is 4.33. The Balaban J connectivity index is 3.32. The van der Waals surface area contributed by atoms with E-state index in [1.165, 1.54) is 23.1 Å². The highest BCUT2D eigenvalue weighted by atomic mass is 16.6. The Morgan fingerprint density at radius 3 is 2.55 bits per heavy atom. The van der Waals surface area contributed by atoms with Crippen molar-refractivity contribution in [1.82, 2.24) is 4.90 Å². The van der Waals surface area contributed by atoms with Crippen molar-refractivity contribution in [2.24, 2.45) is 0 Å². The van der Waals surface area contributed by atoms with Crippen LogP contribution in [0.1, 0.15) is 17.3 Å². The van der Waals surface area contributed by atoms with Gasteiger partial charge < -0.3 is 9.80 Å². The monoisotopic (exact) mass is 276 g/mol. The number of anilines is 1. The summed E-state index contributed by atoms with van der Waals surface area (Å²) in [5.41, 5.74) is 0.658. The van der Waals surface area contributed by atoms with E-state index in [0.717, 1.165) is 0 Å². The molecule has 106 valence electrons. The van der Waals surface area contributed by atoms with Crippen molar-refractivity contribution < 1.29 is 9.72 Å². The zero-order valence-electron chi connectivity index (χ0n) is 11.7. The molecular formula is C13H16N4O3. The molecule has 0 saturated heterocycles. The smallest absolute Gasteiger partial charge is 0.270 e. The maximum Gasteiger partial charge on any atom is 0.270 e. The number of nitrogens with zero attached hydrogens (tertiary/aromatic N) is 4. The summed E-state index contributed by atoms with van der Waals surface area (Å²) in [5.74, 6) is -0.388. The molecule has 0 bridgehead atoms. The van der Waals surface area contributed by atoms with Gasteiger partial charge in [-0.2, -0.15) is 5.26 Å². The lowest BCUT2D eigenvalue weighted by atomic mass is 10.1. The minimum Gasteiger partial charge on any atom is -0.377 e. The van der Waals surface area contributed by atoms with Crippen LogP contribution in [-0.2, 0) is 0 Å². The van der Waals surface area contributed by atoms with Crippen molar-refractivity contribution in [1.29, 1.82) is 5.26 Å². The SMILES string of the molecule is CCN(CC#N)C(=O)c1cc([N+](=O)[O-])ccc1N(C)C. The van der Waals surface area contributed by atoms with Crippen LogP contribution < -0.4 is 4.90 Å². The first-order valence-electron chi connectivity index (χ1n) is 6.04. The Kier molecular flexibility index (Phi) is 5.03. The number of benzene rings is 1. The lowest BCUT2D eigenvalue weighted by Gasteiger charge is -2.22. The summed E-state index contributed by atoms with van der Waals surface area (Å²) in [6, 6.07) is 6.05. The molecule has 7 heteroatoms. The van der Waals surface area contributed by atoms with Crippen molar-refractivity contribution in [2.45, 2.75) is 6.92 Å². The Bertz CT molecular complexity index is 563. The molecule has 0 saturated carbocycles. The fourth-order valence-corrected chi connectivity index (χ4v) is 1.78. The van der Waals surface area contributed by atoms with Crippen LogP contribution in [0.4, 0.5) is 11.4 Å². The predicted octanol–water partition coefficient (Wildman–Crippen LogP) is 1.65. The topological polar surface area (TPSA) is 90.5 Å². The van der Waals surface area contributed by atoms with E-state index in [1.54, 1.807) is 25.9 Å². The lowest BCUT2D eigenvalue weighted by Crippen LogP contribution is -2.32. The van der Waals surface area contributed by atoms with Crippen molar-refractivity contribution in [2.75, 3.05) is 32.1 Å². The molecule has 1 aromatic carbocycles. The highest BCUT2D eigenvalue weighted by Gasteiger charge is 2.21. The van der Waals surface area contributed by atoms with Crippen LogP contribution in [0.2, 0.25) is 0 Å². The number of amides is 1. The molecule has 0 N–H and O–H groups in total. The van der Waals surface area contributed by atoms with Crippen LogP contribution in [0.3, 0.4) is 0 Å². The molecule has 20 heavy (non-hydrogen) atoms. The zero-order chi connectivity index (χ0) is 15.3. The van der Waals surface area contributed by atoms with Gasteiger partial charge in [-0.25, -0.2) is 0 Å². The first-order valence-corrected chi connectivity index (χ1v) is 6.04. The van der Waals surface area contributed by atoms with E-state index >= 15 is 0 Å². The largest absolute Gasteiger partial charge is 0.377 e. The standard InChI is InChI=1S/C13H16N4O3/c1-4-16(8-7-14)13(18)11-9-10(17(19)20)5-6-12(11)15(2)3/h5-6,9H,4,8H2,1-3H3. The number of hydrogen-bond acceptors (Lipinski definition) is 5. The third-order valence-electron chi connectivity index (χ3n) is 2.83. The molecule has 0 fully saturated rings. The third kappa shape index (κ3) is 3.23. The van der Waals surface area contributed by atoms with Crippen LogP contribution in [0.15, 0.2) is 18.2 Å². The molecule has 0 aliphatic heterocycles. The quantitative estimate of drug-likeness (QED) is 0.463. The van der Waals surface area contributed by atoms with E-state index in [0.29, 0.717) is 12.2 Å². The first kappa shape index (κ1) is 15.4. The summed E-state index contributed by atoms with van der Waals surface area (Å²) in [5, 5.41) is 19.6. The highest BCUT2D eigenvalue weighted by molar-refractivity contribution is 6.00. The van der Waals surface area contributed by atoms with Gasteiger partial charge in [-0.1, -0.05) is 0 Å². The molecule has 1 aromatic rings. The van der Waals surface area contributed by atoms with Crippen molar-refractivity contribution in [3.05, 3.63) is 33.9 Å². The van der Waals surface area contributed by atoms with Crippen molar-refractivity contribution >= 4 is 17.3 Å². The van der Waals surface area contributed by atoms with E-state index in [2.05, 4.69) is 0 Å². The van der Waals surface area contributed by atoms with E-state index in [1.807, 2.05) is 6.07 Å². The van der Waals surface area contributed by atoms with E-state index in [4.69, 9.17) is 5.26 Å². The molecule has 0 aromatic heterocycles. The molecule has 0 spiro atoms. The van der Waals surface area contributed by atoms with Crippen LogP contribution in [-0.4, -0.2) is 42.9 Å². The van der Waals surface area contributed by atoms with E-state index in [-0.39, 0.29) is 23.7 Å². The average molecular weight is 276 g/mol. The number of nitro groups is 1. The number of nitriles is 1. The summed E-state index contributed by atoms with van der Waals surface area (Å²) in [7, 11) is 3.50. The predicted molar refractivity (Wildman–Crippen MR) is 74.6 cm³/mol. The average Bonchev–Trinajstić information content (AvgIpc) is 2.43. The number of nitro benzene ring substituents is 1. The van der Waals surface area contributed by atoms with Crippen LogP contribution in [0, 0.1) is 21.4 Å². The minimum absolute atomic E-state index is 0.0507. The summed E-state index contributed by atoms with van der Waals surface area (Å²) in [6.07, 6.45) is 0. The van der Waals surface area contributed by atoms with Gasteiger partial charge in [0.2, 0.25) is 0 Å². The van der Waals surface area contributed by atoms with Crippen LogP contribution in [0.25, 0.3) is 0 Å². The summed E-state index contributed by atoms with van der Waals surface area (Å²) in [4.78, 5) is 25.7. The summed E-state index contributed by atoms with van der Waals surface area (Å²) >= 11 is 0. The highest BCUT2D eigenvalue weighted by Crippen LogP contribution is 2.25.